The van der Waals surface area contributed by atoms with Gasteiger partial charge in [-0.2, -0.15) is 0 Å². The summed E-state index contributed by atoms with van der Waals surface area (Å²) in [6, 6.07) is 10.9. The number of hydrogen-bond acceptors (Lipinski definition) is 6. The summed E-state index contributed by atoms with van der Waals surface area (Å²) < 4.78 is 5.21. The summed E-state index contributed by atoms with van der Waals surface area (Å²) >= 11 is 6.09. The zero-order chi connectivity index (χ0) is 22.0. The fraction of sp³-hybridized carbons (Fsp3) is 0.130. The largest absolute Gasteiger partial charge is 0.507 e. The van der Waals surface area contributed by atoms with Crippen molar-refractivity contribution in [1.29, 1.82) is 0 Å². The van der Waals surface area contributed by atoms with Gasteiger partial charge in [-0.1, -0.05) is 17.7 Å². The first-order valence-electron chi connectivity index (χ1n) is 9.42. The first-order valence-corrected chi connectivity index (χ1v) is 9.80. The van der Waals surface area contributed by atoms with Crippen LogP contribution in [-0.4, -0.2) is 38.8 Å². The number of carbonyl (C=O) groups is 2. The maximum Gasteiger partial charge on any atom is 0.295 e. The second kappa shape index (κ2) is 8.57. The molecule has 4 rings (SSSR count). The molecule has 1 amide bonds. The van der Waals surface area contributed by atoms with E-state index < -0.39 is 17.7 Å². The van der Waals surface area contributed by atoms with Gasteiger partial charge in [0.05, 0.1) is 23.7 Å². The Kier molecular flexibility index (Phi) is 5.68. The Morgan fingerprint density at radius 3 is 2.58 bits per heavy atom. The lowest BCUT2D eigenvalue weighted by Crippen LogP contribution is -2.29. The molecule has 0 bridgehead atoms. The first kappa shape index (κ1) is 20.6. The maximum atomic E-state index is 13.0. The summed E-state index contributed by atoms with van der Waals surface area (Å²) in [4.78, 5) is 35.5. The number of aliphatic hydroxyl groups excluding tert-OH is 1. The number of benzene rings is 1. The van der Waals surface area contributed by atoms with Gasteiger partial charge < -0.3 is 14.7 Å². The Labute approximate surface area is 183 Å². The van der Waals surface area contributed by atoms with Crippen molar-refractivity contribution in [1.82, 2.24) is 14.9 Å². The third-order valence-electron chi connectivity index (χ3n) is 5.07. The molecule has 0 radical (unpaired) electrons. The van der Waals surface area contributed by atoms with Crippen molar-refractivity contribution >= 4 is 29.1 Å². The number of pyridine rings is 2. The minimum absolute atomic E-state index is 0.0172. The number of hydrogen-bond donors (Lipinski definition) is 1. The van der Waals surface area contributed by atoms with Crippen molar-refractivity contribution < 1.29 is 19.4 Å². The number of nitrogens with zero attached hydrogens (tertiary/aromatic N) is 3. The Balaban J connectivity index is 1.86. The fourth-order valence-electron chi connectivity index (χ4n) is 3.57. The van der Waals surface area contributed by atoms with E-state index in [0.717, 1.165) is 5.56 Å². The quantitative estimate of drug-likeness (QED) is 0.372. The van der Waals surface area contributed by atoms with Crippen LogP contribution in [0.1, 0.15) is 22.7 Å². The number of amides is 1. The number of halogens is 1. The zero-order valence-electron chi connectivity index (χ0n) is 16.5. The molecule has 7 nitrogen and oxygen atoms in total. The van der Waals surface area contributed by atoms with E-state index in [1.54, 1.807) is 61.2 Å². The van der Waals surface area contributed by atoms with Crippen LogP contribution in [0.4, 0.5) is 0 Å². The van der Waals surface area contributed by atoms with Crippen LogP contribution in [0.15, 0.2) is 72.8 Å². The summed E-state index contributed by atoms with van der Waals surface area (Å²) in [5.41, 5.74) is 1.71. The molecule has 0 spiro atoms. The van der Waals surface area contributed by atoms with Gasteiger partial charge in [0, 0.05) is 36.9 Å². The van der Waals surface area contributed by atoms with Gasteiger partial charge in [0.15, 0.2) is 0 Å². The molecule has 1 aliphatic heterocycles. The number of methoxy groups -OCH3 is 1. The van der Waals surface area contributed by atoms with Crippen molar-refractivity contribution in [2.45, 2.75) is 12.6 Å². The summed E-state index contributed by atoms with van der Waals surface area (Å²) in [6.07, 6.45) is 6.41. The van der Waals surface area contributed by atoms with E-state index in [1.165, 1.54) is 18.1 Å². The third kappa shape index (κ3) is 3.87. The molecule has 1 aliphatic rings. The van der Waals surface area contributed by atoms with Gasteiger partial charge in [0.1, 0.15) is 11.5 Å². The normalized spacial score (nSPS) is 17.7. The highest BCUT2D eigenvalue weighted by Gasteiger charge is 2.46. The average molecular weight is 436 g/mol. The van der Waals surface area contributed by atoms with Gasteiger partial charge in [-0.25, -0.2) is 0 Å². The van der Waals surface area contributed by atoms with Gasteiger partial charge in [0.2, 0.25) is 0 Å². The Morgan fingerprint density at radius 1 is 1.13 bits per heavy atom. The highest BCUT2D eigenvalue weighted by molar-refractivity contribution is 6.46. The monoisotopic (exact) mass is 435 g/mol. The van der Waals surface area contributed by atoms with Crippen LogP contribution in [0.2, 0.25) is 5.02 Å². The van der Waals surface area contributed by atoms with E-state index in [4.69, 9.17) is 16.3 Å². The van der Waals surface area contributed by atoms with Gasteiger partial charge in [-0.3, -0.25) is 19.6 Å². The lowest BCUT2D eigenvalue weighted by molar-refractivity contribution is -0.140. The van der Waals surface area contributed by atoms with Gasteiger partial charge >= 0.3 is 0 Å². The number of ketones is 1. The second-order valence-electron chi connectivity index (χ2n) is 6.92. The number of rotatable bonds is 5. The standard InChI is InChI=1S/C23H18ClN3O4/c1-31-18-11-15(4-5-17(18)24)21(28)19-20(16-3-2-8-26-12-16)27(23(30)22(19)29)13-14-6-9-25-10-7-14/h2-12,20,28H,13H2,1H3/b21-19-. The molecule has 1 N–H and O–H groups in total. The lowest BCUT2D eigenvalue weighted by atomic mass is 9.96. The van der Waals surface area contributed by atoms with E-state index in [2.05, 4.69) is 9.97 Å². The first-order chi connectivity index (χ1) is 15.0. The average Bonchev–Trinajstić information content (AvgIpc) is 3.05. The predicted molar refractivity (Wildman–Crippen MR) is 114 cm³/mol. The zero-order valence-corrected chi connectivity index (χ0v) is 17.3. The molecule has 0 saturated carbocycles. The van der Waals surface area contributed by atoms with Crippen LogP contribution in [0, 0.1) is 0 Å². The van der Waals surface area contributed by atoms with E-state index in [0.29, 0.717) is 21.9 Å². The summed E-state index contributed by atoms with van der Waals surface area (Å²) in [6.45, 7) is 0.174. The Bertz CT molecular complexity index is 1170. The predicted octanol–water partition coefficient (Wildman–Crippen LogP) is 3.76. The number of likely N-dealkylation sites (tertiary alicyclic amines) is 1. The van der Waals surface area contributed by atoms with Crippen LogP contribution >= 0.6 is 11.6 Å². The number of aromatic nitrogens is 2. The number of aliphatic hydroxyl groups is 1. The van der Waals surface area contributed by atoms with Gasteiger partial charge in [-0.15, -0.1) is 0 Å². The Hall–Kier alpha value is -3.71. The molecule has 3 heterocycles. The van der Waals surface area contributed by atoms with Crippen LogP contribution in [0.25, 0.3) is 5.76 Å². The summed E-state index contributed by atoms with van der Waals surface area (Å²) in [5.74, 6) is -1.43. The second-order valence-corrected chi connectivity index (χ2v) is 7.33. The number of ether oxygens (including phenoxy) is 1. The minimum Gasteiger partial charge on any atom is -0.507 e. The number of Topliss-reactive ketones (excluding diaryl/α,β-unsaturated/α-hetero) is 1. The SMILES string of the molecule is COc1cc(/C(O)=C2/C(=O)C(=O)N(Cc3ccncc3)C2c2cccnc2)ccc1Cl. The van der Waals surface area contributed by atoms with Crippen molar-refractivity contribution in [2.24, 2.45) is 0 Å². The molecule has 31 heavy (non-hydrogen) atoms. The topological polar surface area (TPSA) is 92.6 Å². The molecule has 8 heteroatoms. The molecule has 0 aliphatic carbocycles. The van der Waals surface area contributed by atoms with E-state index >= 15 is 0 Å². The van der Waals surface area contributed by atoms with Crippen molar-refractivity contribution in [3.63, 3.8) is 0 Å². The van der Waals surface area contributed by atoms with Crippen LogP contribution < -0.4 is 4.74 Å². The molecule has 1 atom stereocenters. The van der Waals surface area contributed by atoms with Crippen LogP contribution in [0.3, 0.4) is 0 Å². The molecule has 1 aromatic carbocycles. The highest BCUT2D eigenvalue weighted by atomic mass is 35.5. The summed E-state index contributed by atoms with van der Waals surface area (Å²) in [7, 11) is 1.45. The van der Waals surface area contributed by atoms with Crippen LogP contribution in [-0.2, 0) is 16.1 Å². The molecule has 156 valence electrons. The van der Waals surface area contributed by atoms with Crippen molar-refractivity contribution in [3.8, 4) is 5.75 Å². The molecule has 1 saturated heterocycles. The smallest absolute Gasteiger partial charge is 0.295 e. The summed E-state index contributed by atoms with van der Waals surface area (Å²) in [5, 5.41) is 11.4. The van der Waals surface area contributed by atoms with E-state index in [-0.39, 0.29) is 17.9 Å². The molecule has 1 fully saturated rings. The third-order valence-corrected chi connectivity index (χ3v) is 5.38. The minimum atomic E-state index is -0.802. The molecular formula is C23H18ClN3O4. The van der Waals surface area contributed by atoms with Crippen LogP contribution in [0.5, 0.6) is 5.75 Å². The highest BCUT2D eigenvalue weighted by Crippen LogP contribution is 2.40. The molecule has 3 aromatic rings. The molecular weight excluding hydrogens is 418 g/mol. The van der Waals surface area contributed by atoms with Crippen molar-refractivity contribution in [2.75, 3.05) is 7.11 Å². The fourth-order valence-corrected chi connectivity index (χ4v) is 3.77. The van der Waals surface area contributed by atoms with Gasteiger partial charge in [-0.05, 0) is 47.5 Å². The Morgan fingerprint density at radius 2 is 1.90 bits per heavy atom. The number of carbonyl (C=O) groups excluding carboxylic acids is 2. The molecule has 2 aromatic heterocycles. The lowest BCUT2D eigenvalue weighted by Gasteiger charge is -2.25. The van der Waals surface area contributed by atoms with E-state index in [1.807, 2.05) is 0 Å². The maximum absolute atomic E-state index is 13.0. The van der Waals surface area contributed by atoms with Gasteiger partial charge in [0.25, 0.3) is 11.7 Å². The van der Waals surface area contributed by atoms with Crippen molar-refractivity contribution in [3.05, 3.63) is 94.5 Å². The van der Waals surface area contributed by atoms with E-state index in [9.17, 15) is 14.7 Å². The molecule has 1 unspecified atom stereocenters.